The number of urea groups is 1. The zero-order valence-corrected chi connectivity index (χ0v) is 16.1. The van der Waals surface area contributed by atoms with E-state index in [1.807, 2.05) is 55.5 Å². The van der Waals surface area contributed by atoms with Crippen molar-refractivity contribution < 1.29 is 14.3 Å². The predicted octanol–water partition coefficient (Wildman–Crippen LogP) is 3.61. The summed E-state index contributed by atoms with van der Waals surface area (Å²) in [4.78, 5) is 16.4. The second kappa shape index (κ2) is 9.37. The van der Waals surface area contributed by atoms with Gasteiger partial charge in [0.1, 0.15) is 0 Å². The lowest BCUT2D eigenvalue weighted by Crippen LogP contribution is -2.52. The summed E-state index contributed by atoms with van der Waals surface area (Å²) >= 11 is 6.06. The fourth-order valence-corrected chi connectivity index (χ4v) is 3.16. The summed E-state index contributed by atoms with van der Waals surface area (Å²) in [5, 5.41) is 3.52. The molecule has 2 amide bonds. The first-order valence-corrected chi connectivity index (χ1v) is 9.43. The van der Waals surface area contributed by atoms with Gasteiger partial charge in [-0.25, -0.2) is 4.79 Å². The number of rotatable bonds is 6. The summed E-state index contributed by atoms with van der Waals surface area (Å²) in [6.07, 6.45) is 0. The van der Waals surface area contributed by atoms with Crippen molar-refractivity contribution in [2.45, 2.75) is 6.92 Å². The first-order valence-electron chi connectivity index (χ1n) is 9.05. The Morgan fingerprint density at radius 2 is 1.74 bits per heavy atom. The standard InChI is InChI=1S/C20H24ClN3O3/c1-2-26-18-8-3-4-9-19(18)27-15-22-20(25)24-12-10-23(11-13-24)17-7-5-6-16(21)14-17/h3-9,14H,2,10-13,15H2,1H3,(H,22,25). The summed E-state index contributed by atoms with van der Waals surface area (Å²) < 4.78 is 11.2. The molecule has 0 spiro atoms. The van der Waals surface area contributed by atoms with Crippen molar-refractivity contribution >= 4 is 23.3 Å². The average molecular weight is 390 g/mol. The third-order valence-electron chi connectivity index (χ3n) is 4.34. The normalized spacial score (nSPS) is 14.0. The van der Waals surface area contributed by atoms with Crippen molar-refractivity contribution in [3.63, 3.8) is 0 Å². The average Bonchev–Trinajstić information content (AvgIpc) is 2.69. The van der Waals surface area contributed by atoms with Gasteiger partial charge in [-0.3, -0.25) is 0 Å². The number of piperazine rings is 1. The maximum Gasteiger partial charge on any atom is 0.320 e. The number of benzene rings is 2. The van der Waals surface area contributed by atoms with Crippen molar-refractivity contribution in [3.05, 3.63) is 53.6 Å². The van der Waals surface area contributed by atoms with E-state index in [9.17, 15) is 4.79 Å². The Balaban J connectivity index is 1.45. The quantitative estimate of drug-likeness (QED) is 0.767. The molecule has 1 fully saturated rings. The minimum atomic E-state index is -0.130. The van der Waals surface area contributed by atoms with Crippen LogP contribution in [0.3, 0.4) is 0 Å². The lowest BCUT2D eigenvalue weighted by molar-refractivity contribution is 0.180. The number of amides is 2. The summed E-state index contributed by atoms with van der Waals surface area (Å²) in [6.45, 7) is 5.40. The maximum atomic E-state index is 12.4. The number of carbonyl (C=O) groups excluding carboxylic acids is 1. The van der Waals surface area contributed by atoms with Crippen LogP contribution in [0.15, 0.2) is 48.5 Å². The molecule has 0 bridgehead atoms. The molecule has 144 valence electrons. The molecular formula is C20H24ClN3O3. The van der Waals surface area contributed by atoms with Gasteiger partial charge in [-0.2, -0.15) is 0 Å². The molecule has 2 aromatic carbocycles. The second-order valence-electron chi connectivity index (χ2n) is 6.10. The third kappa shape index (κ3) is 5.20. The largest absolute Gasteiger partial charge is 0.490 e. The minimum absolute atomic E-state index is 0.0947. The van der Waals surface area contributed by atoms with Gasteiger partial charge in [-0.1, -0.05) is 29.8 Å². The molecule has 1 heterocycles. The minimum Gasteiger partial charge on any atom is -0.490 e. The first-order chi connectivity index (χ1) is 13.2. The van der Waals surface area contributed by atoms with E-state index in [1.165, 1.54) is 0 Å². The van der Waals surface area contributed by atoms with Gasteiger partial charge in [0.15, 0.2) is 18.2 Å². The number of nitrogens with zero attached hydrogens (tertiary/aromatic N) is 2. The van der Waals surface area contributed by atoms with Crippen LogP contribution in [0.25, 0.3) is 0 Å². The molecule has 0 unspecified atom stereocenters. The van der Waals surface area contributed by atoms with Crippen LogP contribution in [0.2, 0.25) is 5.02 Å². The number of halogens is 1. The van der Waals surface area contributed by atoms with Gasteiger partial charge < -0.3 is 24.6 Å². The Labute approximate surface area is 164 Å². The summed E-state index contributed by atoms with van der Waals surface area (Å²) in [5.74, 6) is 1.29. The summed E-state index contributed by atoms with van der Waals surface area (Å²) in [6, 6.07) is 15.1. The number of anilines is 1. The fourth-order valence-electron chi connectivity index (χ4n) is 2.97. The smallest absolute Gasteiger partial charge is 0.320 e. The van der Waals surface area contributed by atoms with Gasteiger partial charge in [0.25, 0.3) is 0 Å². The first kappa shape index (κ1) is 19.2. The Morgan fingerprint density at radius 1 is 1.04 bits per heavy atom. The van der Waals surface area contributed by atoms with Gasteiger partial charge in [-0.15, -0.1) is 0 Å². The van der Waals surface area contributed by atoms with Gasteiger partial charge >= 0.3 is 6.03 Å². The summed E-state index contributed by atoms with van der Waals surface area (Å²) in [5.41, 5.74) is 1.08. The van der Waals surface area contributed by atoms with Gasteiger partial charge in [-0.05, 0) is 37.3 Å². The van der Waals surface area contributed by atoms with Gasteiger partial charge in [0.2, 0.25) is 0 Å². The van der Waals surface area contributed by atoms with Crippen molar-refractivity contribution in [3.8, 4) is 11.5 Å². The molecule has 0 aliphatic carbocycles. The zero-order chi connectivity index (χ0) is 19.1. The van der Waals surface area contributed by atoms with E-state index in [0.29, 0.717) is 31.2 Å². The number of hydrogen-bond acceptors (Lipinski definition) is 4. The van der Waals surface area contributed by atoms with Crippen LogP contribution in [-0.2, 0) is 0 Å². The predicted molar refractivity (Wildman–Crippen MR) is 107 cm³/mol. The highest BCUT2D eigenvalue weighted by Gasteiger charge is 2.21. The van der Waals surface area contributed by atoms with E-state index in [1.54, 1.807) is 4.90 Å². The molecule has 2 aromatic rings. The highest BCUT2D eigenvalue weighted by atomic mass is 35.5. The van der Waals surface area contributed by atoms with Gasteiger partial charge in [0, 0.05) is 36.9 Å². The lowest BCUT2D eigenvalue weighted by Gasteiger charge is -2.36. The molecule has 27 heavy (non-hydrogen) atoms. The Bertz CT molecular complexity index is 764. The van der Waals surface area contributed by atoms with Crippen LogP contribution in [0.5, 0.6) is 11.5 Å². The Hall–Kier alpha value is -2.60. The maximum absolute atomic E-state index is 12.4. The van der Waals surface area contributed by atoms with Gasteiger partial charge in [0.05, 0.1) is 6.61 Å². The van der Waals surface area contributed by atoms with E-state index in [0.717, 1.165) is 23.8 Å². The molecule has 0 saturated carbocycles. The molecule has 7 heteroatoms. The van der Waals surface area contributed by atoms with Crippen LogP contribution >= 0.6 is 11.6 Å². The van der Waals surface area contributed by atoms with Crippen LogP contribution in [0, 0.1) is 0 Å². The van der Waals surface area contributed by atoms with E-state index < -0.39 is 0 Å². The van der Waals surface area contributed by atoms with Crippen molar-refractivity contribution in [2.24, 2.45) is 0 Å². The SMILES string of the molecule is CCOc1ccccc1OCNC(=O)N1CCN(c2cccc(Cl)c2)CC1. The molecule has 0 atom stereocenters. The molecule has 1 aliphatic rings. The molecule has 1 aliphatic heterocycles. The van der Waals surface area contributed by atoms with Crippen LogP contribution < -0.4 is 19.7 Å². The number of para-hydroxylation sites is 2. The number of nitrogens with one attached hydrogen (secondary N) is 1. The number of hydrogen-bond donors (Lipinski definition) is 1. The molecule has 1 N–H and O–H groups in total. The topological polar surface area (TPSA) is 54.0 Å². The van der Waals surface area contributed by atoms with Crippen molar-refractivity contribution in [1.29, 1.82) is 0 Å². The highest BCUT2D eigenvalue weighted by Crippen LogP contribution is 2.26. The highest BCUT2D eigenvalue weighted by molar-refractivity contribution is 6.30. The van der Waals surface area contributed by atoms with E-state index in [2.05, 4.69) is 10.2 Å². The number of carbonyl (C=O) groups is 1. The van der Waals surface area contributed by atoms with Crippen molar-refractivity contribution in [2.75, 3.05) is 44.4 Å². The monoisotopic (exact) mass is 389 g/mol. The van der Waals surface area contributed by atoms with E-state index >= 15 is 0 Å². The van der Waals surface area contributed by atoms with Crippen LogP contribution in [0.4, 0.5) is 10.5 Å². The Kier molecular flexibility index (Phi) is 6.65. The lowest BCUT2D eigenvalue weighted by atomic mass is 10.2. The molecule has 0 radical (unpaired) electrons. The van der Waals surface area contributed by atoms with Crippen molar-refractivity contribution in [1.82, 2.24) is 10.2 Å². The molecular weight excluding hydrogens is 366 g/mol. The molecule has 1 saturated heterocycles. The van der Waals surface area contributed by atoms with Crippen LogP contribution in [0.1, 0.15) is 6.92 Å². The summed E-state index contributed by atoms with van der Waals surface area (Å²) in [7, 11) is 0. The van der Waals surface area contributed by atoms with E-state index in [-0.39, 0.29) is 12.8 Å². The van der Waals surface area contributed by atoms with E-state index in [4.69, 9.17) is 21.1 Å². The zero-order valence-electron chi connectivity index (χ0n) is 15.4. The molecule has 3 rings (SSSR count). The molecule has 6 nitrogen and oxygen atoms in total. The Morgan fingerprint density at radius 3 is 2.41 bits per heavy atom. The fraction of sp³-hybridized carbons (Fsp3) is 0.350. The van der Waals surface area contributed by atoms with Crippen LogP contribution in [-0.4, -0.2) is 50.4 Å². The second-order valence-corrected chi connectivity index (χ2v) is 6.54. The molecule has 0 aromatic heterocycles. The third-order valence-corrected chi connectivity index (χ3v) is 4.58. The number of ether oxygens (including phenoxy) is 2.